The van der Waals surface area contributed by atoms with Gasteiger partial charge in [-0.05, 0) is 24.0 Å². The van der Waals surface area contributed by atoms with Crippen LogP contribution in [0, 0.1) is 0 Å². The van der Waals surface area contributed by atoms with Crippen LogP contribution >= 0.6 is 22.6 Å². The number of hydrogen-bond donors (Lipinski definition) is 1. The van der Waals surface area contributed by atoms with Gasteiger partial charge in [0.1, 0.15) is 5.82 Å². The van der Waals surface area contributed by atoms with Crippen LogP contribution in [0.1, 0.15) is 56.8 Å². The van der Waals surface area contributed by atoms with E-state index in [1.807, 2.05) is 6.20 Å². The highest BCUT2D eigenvalue weighted by atomic mass is 127. The number of nitrogens with one attached hydrogen (secondary N) is 1. The molecule has 0 saturated carbocycles. The van der Waals surface area contributed by atoms with Crippen molar-refractivity contribution in [1.82, 2.24) is 9.97 Å². The Morgan fingerprint density at radius 1 is 1.10 bits per heavy atom. The van der Waals surface area contributed by atoms with Gasteiger partial charge in [0, 0.05) is 10.3 Å². The van der Waals surface area contributed by atoms with Gasteiger partial charge in [0.25, 0.3) is 0 Å². The van der Waals surface area contributed by atoms with E-state index < -0.39 is 0 Å². The predicted octanol–water partition coefficient (Wildman–Crippen LogP) is 5.70. The van der Waals surface area contributed by atoms with E-state index in [1.165, 1.54) is 36.8 Å². The van der Waals surface area contributed by atoms with Crippen LogP contribution in [-0.2, 0) is 4.43 Å². The number of aromatic nitrogens is 2. The summed E-state index contributed by atoms with van der Waals surface area (Å²) in [5, 5.41) is 0. The summed E-state index contributed by atoms with van der Waals surface area (Å²) < 4.78 is 1.06. The molecule has 0 bridgehead atoms. The summed E-state index contributed by atoms with van der Waals surface area (Å²) in [4.78, 5) is 8.14. The molecule has 0 fully saturated rings. The molecule has 0 radical (unpaired) electrons. The number of rotatable bonds is 7. The van der Waals surface area contributed by atoms with Crippen molar-refractivity contribution >= 4 is 22.6 Å². The van der Waals surface area contributed by atoms with Gasteiger partial charge in [0.2, 0.25) is 0 Å². The molecule has 0 aliphatic rings. The monoisotopic (exact) mass is 382 g/mol. The molecule has 1 aromatic heterocycles. The number of hydrogen-bond acceptors (Lipinski definition) is 1. The summed E-state index contributed by atoms with van der Waals surface area (Å²) >= 11 is 2.39. The minimum atomic E-state index is 0.576. The molecule has 0 aliphatic heterocycles. The molecule has 2 aromatic rings. The number of H-pyrrole nitrogens is 1. The van der Waals surface area contributed by atoms with Crippen LogP contribution < -0.4 is 0 Å². The van der Waals surface area contributed by atoms with Crippen LogP contribution in [-0.4, -0.2) is 9.97 Å². The first kappa shape index (κ1) is 15.5. The number of halogens is 1. The summed E-state index contributed by atoms with van der Waals surface area (Å²) in [5.41, 5.74) is 3.73. The molecule has 1 aromatic carbocycles. The Bertz CT molecular complexity index is 510. The predicted molar refractivity (Wildman–Crippen MR) is 94.3 cm³/mol. The SMILES string of the molecule is CCCC(CCC)c1ncc(-c2ccc(CI)cc2)[nH]1. The van der Waals surface area contributed by atoms with Crippen molar-refractivity contribution < 1.29 is 0 Å². The fourth-order valence-corrected chi connectivity index (χ4v) is 3.09. The molecule has 0 unspecified atom stereocenters. The van der Waals surface area contributed by atoms with E-state index in [1.54, 1.807) is 0 Å². The summed E-state index contributed by atoms with van der Waals surface area (Å²) in [7, 11) is 0. The molecule has 0 atom stereocenters. The van der Waals surface area contributed by atoms with E-state index in [-0.39, 0.29) is 0 Å². The number of nitrogens with zero attached hydrogens (tertiary/aromatic N) is 1. The van der Waals surface area contributed by atoms with E-state index in [0.717, 1.165) is 15.9 Å². The van der Waals surface area contributed by atoms with Gasteiger partial charge in [-0.25, -0.2) is 4.98 Å². The topological polar surface area (TPSA) is 28.7 Å². The van der Waals surface area contributed by atoms with Crippen molar-refractivity contribution in [2.75, 3.05) is 0 Å². The Balaban J connectivity index is 2.17. The van der Waals surface area contributed by atoms with Crippen molar-refractivity contribution in [3.63, 3.8) is 0 Å². The largest absolute Gasteiger partial charge is 0.342 e. The third-order valence-corrected chi connectivity index (χ3v) is 4.56. The van der Waals surface area contributed by atoms with Gasteiger partial charge in [-0.1, -0.05) is 73.5 Å². The molecule has 0 saturated heterocycles. The van der Waals surface area contributed by atoms with Gasteiger partial charge in [0.15, 0.2) is 0 Å². The van der Waals surface area contributed by atoms with Crippen LogP contribution in [0.25, 0.3) is 11.3 Å². The highest BCUT2D eigenvalue weighted by molar-refractivity contribution is 14.1. The number of imidazole rings is 1. The molecule has 1 N–H and O–H groups in total. The first-order valence-electron chi connectivity index (χ1n) is 7.48. The lowest BCUT2D eigenvalue weighted by Crippen LogP contribution is -2.00. The van der Waals surface area contributed by atoms with Crippen LogP contribution in [0.4, 0.5) is 0 Å². The molecule has 108 valence electrons. The first-order valence-corrected chi connectivity index (χ1v) is 9.01. The smallest absolute Gasteiger partial charge is 0.109 e. The van der Waals surface area contributed by atoms with E-state index in [2.05, 4.69) is 70.7 Å². The number of aromatic amines is 1. The Hall–Kier alpha value is -0.840. The molecule has 0 amide bonds. The quantitative estimate of drug-likeness (QED) is 0.483. The highest BCUT2D eigenvalue weighted by Crippen LogP contribution is 2.26. The molecule has 0 spiro atoms. The molecule has 3 heteroatoms. The van der Waals surface area contributed by atoms with Gasteiger partial charge in [0.05, 0.1) is 11.9 Å². The van der Waals surface area contributed by atoms with Crippen LogP contribution in [0.3, 0.4) is 0 Å². The van der Waals surface area contributed by atoms with Crippen LogP contribution in [0.15, 0.2) is 30.5 Å². The zero-order valence-electron chi connectivity index (χ0n) is 12.3. The normalized spacial score (nSPS) is 11.2. The average Bonchev–Trinajstić information content (AvgIpc) is 2.97. The summed E-state index contributed by atoms with van der Waals surface area (Å²) in [5.74, 6) is 1.73. The van der Waals surface area contributed by atoms with Crippen molar-refractivity contribution in [2.45, 2.75) is 49.9 Å². The standard InChI is InChI=1S/C17H23IN2/c1-3-5-15(6-4-2)17-19-12-16(20-17)14-9-7-13(11-18)8-10-14/h7-10,12,15H,3-6,11H2,1-2H3,(H,19,20). The Kier molecular flexibility index (Phi) is 6.07. The van der Waals surface area contributed by atoms with Crippen molar-refractivity contribution in [1.29, 1.82) is 0 Å². The lowest BCUT2D eigenvalue weighted by molar-refractivity contribution is 0.538. The number of alkyl halides is 1. The van der Waals surface area contributed by atoms with Crippen molar-refractivity contribution in [3.05, 3.63) is 41.9 Å². The summed E-state index contributed by atoms with van der Waals surface area (Å²) in [6.45, 7) is 4.49. The molecular formula is C17H23IN2. The Morgan fingerprint density at radius 2 is 1.75 bits per heavy atom. The lowest BCUT2D eigenvalue weighted by Gasteiger charge is -2.12. The fraction of sp³-hybridized carbons (Fsp3) is 0.471. The lowest BCUT2D eigenvalue weighted by atomic mass is 9.98. The van der Waals surface area contributed by atoms with Gasteiger partial charge >= 0.3 is 0 Å². The van der Waals surface area contributed by atoms with Crippen molar-refractivity contribution in [3.8, 4) is 11.3 Å². The number of benzene rings is 1. The Labute approximate surface area is 135 Å². The first-order chi connectivity index (χ1) is 9.78. The molecular weight excluding hydrogens is 359 g/mol. The summed E-state index contributed by atoms with van der Waals surface area (Å²) in [6, 6.07) is 8.75. The second-order valence-corrected chi connectivity index (χ2v) is 6.05. The minimum absolute atomic E-state index is 0.576. The highest BCUT2D eigenvalue weighted by Gasteiger charge is 2.13. The fourth-order valence-electron chi connectivity index (χ4n) is 2.58. The molecule has 1 heterocycles. The average molecular weight is 382 g/mol. The van der Waals surface area contributed by atoms with Gasteiger partial charge in [-0.3, -0.25) is 0 Å². The molecule has 20 heavy (non-hydrogen) atoms. The molecule has 0 aliphatic carbocycles. The molecule has 2 nitrogen and oxygen atoms in total. The maximum Gasteiger partial charge on any atom is 0.109 e. The van der Waals surface area contributed by atoms with Gasteiger partial charge in [-0.15, -0.1) is 0 Å². The third-order valence-electron chi connectivity index (χ3n) is 3.68. The zero-order chi connectivity index (χ0) is 14.4. The maximum atomic E-state index is 4.62. The third kappa shape index (κ3) is 3.84. The van der Waals surface area contributed by atoms with E-state index in [0.29, 0.717) is 5.92 Å². The maximum absolute atomic E-state index is 4.62. The van der Waals surface area contributed by atoms with E-state index >= 15 is 0 Å². The van der Waals surface area contributed by atoms with Crippen LogP contribution in [0.2, 0.25) is 0 Å². The second-order valence-electron chi connectivity index (χ2n) is 5.29. The van der Waals surface area contributed by atoms with Gasteiger partial charge in [-0.2, -0.15) is 0 Å². The zero-order valence-corrected chi connectivity index (χ0v) is 14.5. The van der Waals surface area contributed by atoms with E-state index in [9.17, 15) is 0 Å². The minimum Gasteiger partial charge on any atom is -0.342 e. The second kappa shape index (κ2) is 7.81. The Morgan fingerprint density at radius 3 is 2.30 bits per heavy atom. The van der Waals surface area contributed by atoms with E-state index in [4.69, 9.17) is 0 Å². The van der Waals surface area contributed by atoms with Crippen LogP contribution in [0.5, 0.6) is 0 Å². The summed E-state index contributed by atoms with van der Waals surface area (Å²) in [6.07, 6.45) is 6.84. The van der Waals surface area contributed by atoms with Crippen molar-refractivity contribution in [2.24, 2.45) is 0 Å². The van der Waals surface area contributed by atoms with Gasteiger partial charge < -0.3 is 4.98 Å². The molecule has 2 rings (SSSR count).